The van der Waals surface area contributed by atoms with Crippen LogP contribution >= 0.6 is 0 Å². The Kier molecular flexibility index (Phi) is 3.46. The Morgan fingerprint density at radius 1 is 0.941 bits per heavy atom. The standard InChI is InChI=1S/C16H31N/c1-14(2,3)12-10-11-13(15(4,5)6)17(12)16(7,8)9/h10,13H,11H2,1-9H3. The Bertz CT molecular complexity index is 304. The second-order valence-corrected chi connectivity index (χ2v) is 8.50. The van der Waals surface area contributed by atoms with Crippen LogP contribution in [-0.4, -0.2) is 16.5 Å². The van der Waals surface area contributed by atoms with Crippen molar-refractivity contribution in [2.75, 3.05) is 0 Å². The van der Waals surface area contributed by atoms with E-state index in [0.29, 0.717) is 11.5 Å². The second kappa shape index (κ2) is 4.03. The molecule has 1 aliphatic heterocycles. The minimum absolute atomic E-state index is 0.202. The van der Waals surface area contributed by atoms with E-state index in [9.17, 15) is 0 Å². The van der Waals surface area contributed by atoms with Crippen LogP contribution < -0.4 is 0 Å². The highest BCUT2D eigenvalue weighted by atomic mass is 15.3. The molecule has 0 aliphatic carbocycles. The van der Waals surface area contributed by atoms with Crippen molar-refractivity contribution in [2.45, 2.75) is 80.3 Å². The van der Waals surface area contributed by atoms with Gasteiger partial charge < -0.3 is 4.90 Å². The van der Waals surface area contributed by atoms with Gasteiger partial charge in [0.1, 0.15) is 0 Å². The molecule has 1 rings (SSSR count). The summed E-state index contributed by atoms with van der Waals surface area (Å²) in [5.74, 6) is 0. The second-order valence-electron chi connectivity index (χ2n) is 8.50. The van der Waals surface area contributed by atoms with Crippen LogP contribution in [0.3, 0.4) is 0 Å². The monoisotopic (exact) mass is 237 g/mol. The molecule has 0 aromatic heterocycles. The topological polar surface area (TPSA) is 3.24 Å². The molecule has 0 radical (unpaired) electrons. The Morgan fingerprint density at radius 3 is 1.71 bits per heavy atom. The Hall–Kier alpha value is -0.460. The number of hydrogen-bond donors (Lipinski definition) is 0. The van der Waals surface area contributed by atoms with Gasteiger partial charge in [0.15, 0.2) is 0 Å². The maximum atomic E-state index is 2.66. The molecule has 17 heavy (non-hydrogen) atoms. The summed E-state index contributed by atoms with van der Waals surface area (Å²) in [6.07, 6.45) is 3.65. The van der Waals surface area contributed by atoms with Crippen molar-refractivity contribution in [3.05, 3.63) is 11.8 Å². The fourth-order valence-corrected chi connectivity index (χ4v) is 2.83. The molecule has 1 nitrogen and oxygen atoms in total. The zero-order valence-electron chi connectivity index (χ0n) is 13.3. The van der Waals surface area contributed by atoms with E-state index in [1.807, 2.05) is 0 Å². The van der Waals surface area contributed by atoms with Gasteiger partial charge >= 0.3 is 0 Å². The lowest BCUT2D eigenvalue weighted by Gasteiger charge is -2.49. The minimum Gasteiger partial charge on any atom is -0.366 e. The van der Waals surface area contributed by atoms with E-state index in [-0.39, 0.29) is 11.0 Å². The van der Waals surface area contributed by atoms with Gasteiger partial charge in [0.05, 0.1) is 0 Å². The van der Waals surface area contributed by atoms with Crippen LogP contribution in [0.5, 0.6) is 0 Å². The molecule has 1 unspecified atom stereocenters. The fourth-order valence-electron chi connectivity index (χ4n) is 2.83. The highest BCUT2D eigenvalue weighted by Crippen LogP contribution is 2.45. The average Bonchev–Trinajstić information content (AvgIpc) is 2.42. The van der Waals surface area contributed by atoms with Gasteiger partial charge in [-0.15, -0.1) is 0 Å². The third-order valence-electron chi connectivity index (χ3n) is 3.60. The van der Waals surface area contributed by atoms with Crippen LogP contribution in [0.15, 0.2) is 11.8 Å². The minimum atomic E-state index is 0.202. The van der Waals surface area contributed by atoms with E-state index < -0.39 is 0 Å². The van der Waals surface area contributed by atoms with Gasteiger partial charge in [-0.05, 0) is 32.6 Å². The molecular weight excluding hydrogens is 206 g/mol. The molecule has 0 N–H and O–H groups in total. The van der Waals surface area contributed by atoms with Crippen LogP contribution in [0.4, 0.5) is 0 Å². The maximum Gasteiger partial charge on any atom is 0.0375 e. The zero-order valence-corrected chi connectivity index (χ0v) is 13.3. The van der Waals surface area contributed by atoms with E-state index in [4.69, 9.17) is 0 Å². The average molecular weight is 237 g/mol. The lowest BCUT2D eigenvalue weighted by atomic mass is 9.82. The third kappa shape index (κ3) is 3.05. The first-order valence-corrected chi connectivity index (χ1v) is 6.85. The normalized spacial score (nSPS) is 23.0. The molecule has 1 aliphatic rings. The lowest BCUT2D eigenvalue weighted by molar-refractivity contribution is 0.0545. The lowest BCUT2D eigenvalue weighted by Crippen LogP contribution is -2.51. The van der Waals surface area contributed by atoms with Gasteiger partial charge in [0.25, 0.3) is 0 Å². The summed E-state index contributed by atoms with van der Waals surface area (Å²) in [6, 6.07) is 0.622. The van der Waals surface area contributed by atoms with Gasteiger partial charge in [-0.1, -0.05) is 47.6 Å². The number of nitrogens with zero attached hydrogens (tertiary/aromatic N) is 1. The molecule has 1 atom stereocenters. The third-order valence-corrected chi connectivity index (χ3v) is 3.60. The van der Waals surface area contributed by atoms with E-state index in [2.05, 4.69) is 73.3 Å². The smallest absolute Gasteiger partial charge is 0.0375 e. The van der Waals surface area contributed by atoms with Gasteiger partial charge in [-0.2, -0.15) is 0 Å². The molecule has 1 heteroatoms. The molecule has 0 fully saturated rings. The Balaban J connectivity index is 3.14. The predicted octanol–water partition coefficient (Wildman–Crippen LogP) is 4.84. The van der Waals surface area contributed by atoms with Crippen LogP contribution in [0.1, 0.15) is 68.7 Å². The molecule has 0 saturated carbocycles. The van der Waals surface area contributed by atoms with Crippen molar-refractivity contribution in [3.63, 3.8) is 0 Å². The highest BCUT2D eigenvalue weighted by Gasteiger charge is 2.43. The summed E-state index contributed by atoms with van der Waals surface area (Å²) in [5, 5.41) is 0. The molecule has 0 bridgehead atoms. The van der Waals surface area contributed by atoms with Crippen molar-refractivity contribution >= 4 is 0 Å². The number of allylic oxidation sites excluding steroid dienone is 1. The van der Waals surface area contributed by atoms with E-state index in [1.54, 1.807) is 0 Å². The number of rotatable bonds is 0. The van der Waals surface area contributed by atoms with Crippen LogP contribution in [0.2, 0.25) is 0 Å². The van der Waals surface area contributed by atoms with Crippen molar-refractivity contribution in [1.82, 2.24) is 4.90 Å². The molecule has 0 aromatic rings. The van der Waals surface area contributed by atoms with E-state index in [1.165, 1.54) is 12.1 Å². The van der Waals surface area contributed by atoms with Crippen LogP contribution in [0, 0.1) is 10.8 Å². The number of hydrogen-bond acceptors (Lipinski definition) is 1. The highest BCUT2D eigenvalue weighted by molar-refractivity contribution is 5.21. The van der Waals surface area contributed by atoms with Crippen molar-refractivity contribution in [1.29, 1.82) is 0 Å². The SMILES string of the molecule is CC(C)(C)C1=CCC(C(C)(C)C)N1C(C)(C)C. The molecule has 0 aromatic carbocycles. The van der Waals surface area contributed by atoms with E-state index >= 15 is 0 Å². The maximum absolute atomic E-state index is 2.66. The largest absolute Gasteiger partial charge is 0.366 e. The first-order chi connectivity index (χ1) is 7.35. The fraction of sp³-hybridized carbons (Fsp3) is 0.875. The predicted molar refractivity (Wildman–Crippen MR) is 77.0 cm³/mol. The molecule has 0 amide bonds. The Morgan fingerprint density at radius 2 is 1.41 bits per heavy atom. The van der Waals surface area contributed by atoms with Crippen molar-refractivity contribution in [2.24, 2.45) is 10.8 Å². The summed E-state index contributed by atoms with van der Waals surface area (Å²) >= 11 is 0. The van der Waals surface area contributed by atoms with Gasteiger partial charge in [-0.25, -0.2) is 0 Å². The Labute approximate surface area is 108 Å². The molecule has 0 saturated heterocycles. The zero-order chi connectivity index (χ0) is 13.6. The first-order valence-electron chi connectivity index (χ1n) is 6.85. The van der Waals surface area contributed by atoms with Crippen LogP contribution in [0.25, 0.3) is 0 Å². The molecule has 1 heterocycles. The van der Waals surface area contributed by atoms with Crippen molar-refractivity contribution in [3.8, 4) is 0 Å². The molecule has 100 valence electrons. The first kappa shape index (κ1) is 14.6. The molecule has 0 spiro atoms. The van der Waals surface area contributed by atoms with Crippen LogP contribution in [-0.2, 0) is 0 Å². The van der Waals surface area contributed by atoms with Gasteiger partial charge in [0.2, 0.25) is 0 Å². The molecular formula is C16H31N. The summed E-state index contributed by atoms with van der Waals surface area (Å²) in [5.41, 5.74) is 2.29. The van der Waals surface area contributed by atoms with Gasteiger partial charge in [0, 0.05) is 22.7 Å². The summed E-state index contributed by atoms with van der Waals surface area (Å²) < 4.78 is 0. The summed E-state index contributed by atoms with van der Waals surface area (Å²) in [6.45, 7) is 21.0. The summed E-state index contributed by atoms with van der Waals surface area (Å²) in [7, 11) is 0. The quantitative estimate of drug-likeness (QED) is 0.583. The van der Waals surface area contributed by atoms with Gasteiger partial charge in [-0.3, -0.25) is 0 Å². The summed E-state index contributed by atoms with van der Waals surface area (Å²) in [4.78, 5) is 2.66. The van der Waals surface area contributed by atoms with Crippen molar-refractivity contribution < 1.29 is 0 Å². The van der Waals surface area contributed by atoms with E-state index in [0.717, 1.165) is 0 Å².